The fraction of sp³-hybridized carbons (Fsp3) is 0.538. The van der Waals surface area contributed by atoms with Gasteiger partial charge in [0.1, 0.15) is 10.7 Å². The van der Waals surface area contributed by atoms with Gasteiger partial charge in [-0.2, -0.15) is 4.31 Å². The fourth-order valence-electron chi connectivity index (χ4n) is 1.88. The van der Waals surface area contributed by atoms with Crippen molar-refractivity contribution in [1.82, 2.24) is 4.31 Å². The Morgan fingerprint density at radius 2 is 2.05 bits per heavy atom. The Bertz CT molecular complexity index is 592. The summed E-state index contributed by atoms with van der Waals surface area (Å²) in [4.78, 5) is -0.538. The maximum absolute atomic E-state index is 14.2. The minimum atomic E-state index is -4.08. The van der Waals surface area contributed by atoms with Crippen LogP contribution < -0.4 is 0 Å². The molecule has 0 saturated carbocycles. The second kappa shape index (κ2) is 7.51. The van der Waals surface area contributed by atoms with E-state index in [0.29, 0.717) is 0 Å². The zero-order valence-electron chi connectivity index (χ0n) is 12.1. The van der Waals surface area contributed by atoms with Crippen LogP contribution in [0, 0.1) is 5.82 Å². The van der Waals surface area contributed by atoms with Crippen molar-refractivity contribution in [2.24, 2.45) is 0 Å². The molecule has 0 fully saturated rings. The lowest BCUT2D eigenvalue weighted by atomic mass is 10.2. The lowest BCUT2D eigenvalue weighted by Gasteiger charge is -2.26. The Morgan fingerprint density at radius 1 is 1.43 bits per heavy atom. The second-order valence-electron chi connectivity index (χ2n) is 4.74. The number of methoxy groups -OCH3 is 1. The average Bonchev–Trinajstić information content (AvgIpc) is 2.40. The molecule has 0 saturated heterocycles. The highest BCUT2D eigenvalue weighted by Crippen LogP contribution is 2.27. The van der Waals surface area contributed by atoms with Crippen LogP contribution in [-0.4, -0.2) is 44.1 Å². The Labute approximate surface area is 129 Å². The summed E-state index contributed by atoms with van der Waals surface area (Å²) in [6.07, 6.45) is 0. The van der Waals surface area contributed by atoms with Gasteiger partial charge in [0.2, 0.25) is 10.0 Å². The van der Waals surface area contributed by atoms with Gasteiger partial charge in [-0.25, -0.2) is 12.8 Å². The number of aliphatic hydroxyl groups is 1. The number of ether oxygens (including phenoxy) is 1. The van der Waals surface area contributed by atoms with Crippen molar-refractivity contribution in [3.05, 3.63) is 28.5 Å². The van der Waals surface area contributed by atoms with Gasteiger partial charge in [0.15, 0.2) is 0 Å². The van der Waals surface area contributed by atoms with Gasteiger partial charge >= 0.3 is 0 Å². The van der Waals surface area contributed by atoms with Gasteiger partial charge in [-0.05, 0) is 26.0 Å². The molecule has 0 amide bonds. The highest BCUT2D eigenvalue weighted by atomic mass is 35.5. The van der Waals surface area contributed by atoms with Gasteiger partial charge in [0, 0.05) is 30.3 Å². The normalized spacial score (nSPS) is 12.4. The average molecular weight is 340 g/mol. The van der Waals surface area contributed by atoms with Crippen LogP contribution in [0.3, 0.4) is 0 Å². The van der Waals surface area contributed by atoms with E-state index in [2.05, 4.69) is 0 Å². The molecular weight excluding hydrogens is 321 g/mol. The third-order valence-electron chi connectivity index (χ3n) is 2.93. The molecule has 1 rings (SSSR count). The zero-order chi connectivity index (χ0) is 16.2. The summed E-state index contributed by atoms with van der Waals surface area (Å²) in [6, 6.07) is 1.87. The van der Waals surface area contributed by atoms with E-state index < -0.39 is 27.3 Å². The van der Waals surface area contributed by atoms with Gasteiger partial charge in [0.25, 0.3) is 0 Å². The van der Waals surface area contributed by atoms with Crippen LogP contribution in [0.25, 0.3) is 0 Å². The maximum atomic E-state index is 14.2. The van der Waals surface area contributed by atoms with Crippen LogP contribution in [0.4, 0.5) is 4.39 Å². The summed E-state index contributed by atoms with van der Waals surface area (Å²) < 4.78 is 45.5. The molecule has 0 atom stereocenters. The first kappa shape index (κ1) is 18.3. The molecule has 5 nitrogen and oxygen atoms in total. The van der Waals surface area contributed by atoms with Crippen molar-refractivity contribution >= 4 is 21.6 Å². The summed E-state index contributed by atoms with van der Waals surface area (Å²) in [5, 5.41) is 9.15. The quantitative estimate of drug-likeness (QED) is 0.825. The van der Waals surface area contributed by atoms with Gasteiger partial charge in [-0.15, -0.1) is 0 Å². The van der Waals surface area contributed by atoms with E-state index in [1.54, 1.807) is 13.8 Å². The minimum Gasteiger partial charge on any atom is -0.392 e. The van der Waals surface area contributed by atoms with E-state index in [4.69, 9.17) is 21.4 Å². The lowest BCUT2D eigenvalue weighted by molar-refractivity contribution is 0.170. The van der Waals surface area contributed by atoms with Crippen LogP contribution in [0.1, 0.15) is 19.4 Å². The number of aliphatic hydroxyl groups excluding tert-OH is 1. The molecule has 8 heteroatoms. The van der Waals surface area contributed by atoms with E-state index in [0.717, 1.165) is 10.4 Å². The lowest BCUT2D eigenvalue weighted by Crippen LogP contribution is -2.39. The first-order valence-corrected chi connectivity index (χ1v) is 8.17. The number of hydrogen-bond donors (Lipinski definition) is 1. The van der Waals surface area contributed by atoms with Crippen molar-refractivity contribution in [1.29, 1.82) is 0 Å². The van der Waals surface area contributed by atoms with Crippen molar-refractivity contribution in [3.63, 3.8) is 0 Å². The van der Waals surface area contributed by atoms with Crippen molar-refractivity contribution in [2.75, 3.05) is 20.3 Å². The highest BCUT2D eigenvalue weighted by Gasteiger charge is 2.30. The molecular formula is C13H19ClFNO4S. The maximum Gasteiger partial charge on any atom is 0.246 e. The second-order valence-corrected chi connectivity index (χ2v) is 7.03. The van der Waals surface area contributed by atoms with E-state index in [9.17, 15) is 12.8 Å². The largest absolute Gasteiger partial charge is 0.392 e. The minimum absolute atomic E-state index is 0.0504. The first-order valence-electron chi connectivity index (χ1n) is 6.35. The summed E-state index contributed by atoms with van der Waals surface area (Å²) in [7, 11) is -2.62. The van der Waals surface area contributed by atoms with Gasteiger partial charge in [-0.3, -0.25) is 0 Å². The number of nitrogens with zero attached hydrogens (tertiary/aromatic N) is 1. The molecule has 120 valence electrons. The molecule has 1 N–H and O–H groups in total. The summed E-state index contributed by atoms with van der Waals surface area (Å²) in [6.45, 7) is 3.02. The Kier molecular flexibility index (Phi) is 6.55. The molecule has 0 spiro atoms. The number of sulfonamides is 1. The molecule has 0 aliphatic heterocycles. The van der Waals surface area contributed by atoms with Crippen molar-refractivity contribution in [3.8, 4) is 0 Å². The summed E-state index contributed by atoms with van der Waals surface area (Å²) in [5.41, 5.74) is -0.156. The SMILES string of the molecule is COCCN(C(C)C)S(=O)(=O)c1cc(Cl)cc(CO)c1F. The smallest absolute Gasteiger partial charge is 0.246 e. The van der Waals surface area contributed by atoms with Gasteiger partial charge < -0.3 is 9.84 Å². The Hall–Kier alpha value is -0.730. The molecule has 0 unspecified atom stereocenters. The molecule has 0 heterocycles. The fourth-order valence-corrected chi connectivity index (χ4v) is 3.95. The first-order chi connectivity index (χ1) is 9.75. The topological polar surface area (TPSA) is 66.8 Å². The van der Waals surface area contributed by atoms with E-state index in [1.807, 2.05) is 0 Å². The van der Waals surface area contributed by atoms with Crippen molar-refractivity contribution in [2.45, 2.75) is 31.4 Å². The van der Waals surface area contributed by atoms with Crippen LogP contribution in [-0.2, 0) is 21.4 Å². The molecule has 0 bridgehead atoms. The molecule has 0 aliphatic rings. The molecule has 1 aromatic rings. The molecule has 0 radical (unpaired) electrons. The van der Waals surface area contributed by atoms with E-state index >= 15 is 0 Å². The highest BCUT2D eigenvalue weighted by molar-refractivity contribution is 7.89. The predicted octanol–water partition coefficient (Wildman–Crippen LogP) is 2.02. The predicted molar refractivity (Wildman–Crippen MR) is 78.2 cm³/mol. The standard InChI is InChI=1S/C13H19ClFNO4S/c1-9(2)16(4-5-20-3)21(18,19)12-7-11(14)6-10(8-17)13(12)15/h6-7,9,17H,4-5,8H2,1-3H3. The molecule has 21 heavy (non-hydrogen) atoms. The molecule has 1 aromatic carbocycles. The number of rotatable bonds is 7. The molecule has 0 aliphatic carbocycles. The van der Waals surface area contributed by atoms with Gasteiger partial charge in [-0.1, -0.05) is 11.6 Å². The molecule has 0 aromatic heterocycles. The van der Waals surface area contributed by atoms with E-state index in [-0.39, 0.29) is 29.8 Å². The Morgan fingerprint density at radius 3 is 2.52 bits per heavy atom. The van der Waals surface area contributed by atoms with Crippen LogP contribution >= 0.6 is 11.6 Å². The summed E-state index contributed by atoms with van der Waals surface area (Å²) in [5.74, 6) is -0.982. The zero-order valence-corrected chi connectivity index (χ0v) is 13.7. The summed E-state index contributed by atoms with van der Waals surface area (Å²) >= 11 is 5.81. The Balaban J connectivity index is 3.37. The number of benzene rings is 1. The number of hydrogen-bond acceptors (Lipinski definition) is 4. The monoisotopic (exact) mass is 339 g/mol. The van der Waals surface area contributed by atoms with Crippen LogP contribution in [0.5, 0.6) is 0 Å². The van der Waals surface area contributed by atoms with Crippen LogP contribution in [0.2, 0.25) is 5.02 Å². The van der Waals surface area contributed by atoms with Gasteiger partial charge in [0.05, 0.1) is 13.2 Å². The number of halogens is 2. The van der Waals surface area contributed by atoms with Crippen LogP contribution in [0.15, 0.2) is 17.0 Å². The third kappa shape index (κ3) is 4.14. The van der Waals surface area contributed by atoms with Crippen molar-refractivity contribution < 1.29 is 22.7 Å². The van der Waals surface area contributed by atoms with E-state index in [1.165, 1.54) is 13.2 Å². The third-order valence-corrected chi connectivity index (χ3v) is 5.22.